The summed E-state index contributed by atoms with van der Waals surface area (Å²) in [5.41, 5.74) is 3.72. The van der Waals surface area contributed by atoms with E-state index in [0.717, 1.165) is 22.4 Å². The second kappa shape index (κ2) is 8.06. The van der Waals surface area contributed by atoms with E-state index < -0.39 is 0 Å². The third-order valence-corrected chi connectivity index (χ3v) is 5.25. The predicted molar refractivity (Wildman–Crippen MR) is 111 cm³/mol. The number of carbonyl (C=O) groups is 1. The number of amidine groups is 1. The summed E-state index contributed by atoms with van der Waals surface area (Å²) in [7, 11) is 3.07. The van der Waals surface area contributed by atoms with Gasteiger partial charge >= 0.3 is 0 Å². The summed E-state index contributed by atoms with van der Waals surface area (Å²) in [5.74, 6) is 0.766. The number of aliphatic imine (C=N–C) groups is 1. The lowest BCUT2D eigenvalue weighted by atomic mass is 10.1. The van der Waals surface area contributed by atoms with Crippen LogP contribution in [0.4, 0.5) is 5.69 Å². The molecule has 0 aliphatic carbocycles. The summed E-state index contributed by atoms with van der Waals surface area (Å²) in [6.07, 6.45) is 1.75. The van der Waals surface area contributed by atoms with Crippen molar-refractivity contribution in [2.75, 3.05) is 14.2 Å². The number of nitrogens with zero attached hydrogens (tertiary/aromatic N) is 1. The number of rotatable bonds is 4. The fourth-order valence-corrected chi connectivity index (χ4v) is 3.86. The third-order valence-electron chi connectivity index (χ3n) is 4.06. The van der Waals surface area contributed by atoms with Crippen LogP contribution >= 0.6 is 23.4 Å². The number of aryl methyl sites for hydroxylation is 2. The maximum absolute atomic E-state index is 12.3. The van der Waals surface area contributed by atoms with Crippen LogP contribution in [0.2, 0.25) is 5.02 Å². The Balaban J connectivity index is 1.92. The van der Waals surface area contributed by atoms with Crippen LogP contribution in [0.3, 0.4) is 0 Å². The van der Waals surface area contributed by atoms with Gasteiger partial charge in [-0.3, -0.25) is 4.79 Å². The number of thioether (sulfide) groups is 1. The van der Waals surface area contributed by atoms with Gasteiger partial charge in [-0.15, -0.1) is 0 Å². The highest BCUT2D eigenvalue weighted by Gasteiger charge is 2.24. The topological polar surface area (TPSA) is 59.9 Å². The van der Waals surface area contributed by atoms with Crippen molar-refractivity contribution < 1.29 is 14.3 Å². The first-order chi connectivity index (χ1) is 12.9. The number of methoxy groups -OCH3 is 2. The van der Waals surface area contributed by atoms with Crippen LogP contribution in [0.1, 0.15) is 16.7 Å². The zero-order valence-electron chi connectivity index (χ0n) is 15.4. The maximum atomic E-state index is 12.3. The molecule has 1 aliphatic rings. The minimum Gasteiger partial charge on any atom is -0.493 e. The van der Waals surface area contributed by atoms with E-state index >= 15 is 0 Å². The number of nitrogens with one attached hydrogen (secondary N) is 1. The third kappa shape index (κ3) is 4.12. The monoisotopic (exact) mass is 402 g/mol. The summed E-state index contributed by atoms with van der Waals surface area (Å²) in [6.45, 7) is 3.99. The van der Waals surface area contributed by atoms with E-state index in [4.69, 9.17) is 21.1 Å². The summed E-state index contributed by atoms with van der Waals surface area (Å²) in [5, 5.41) is 3.77. The summed E-state index contributed by atoms with van der Waals surface area (Å²) in [6, 6.07) is 9.48. The molecule has 1 N–H and O–H groups in total. The second-order valence-corrected chi connectivity index (χ2v) is 7.40. The number of benzene rings is 2. The zero-order chi connectivity index (χ0) is 19.6. The Morgan fingerprint density at radius 2 is 1.85 bits per heavy atom. The Bertz CT molecular complexity index is 950. The molecule has 1 fully saturated rings. The van der Waals surface area contributed by atoms with Crippen molar-refractivity contribution in [2.45, 2.75) is 13.8 Å². The van der Waals surface area contributed by atoms with Gasteiger partial charge in [-0.05, 0) is 60.5 Å². The van der Waals surface area contributed by atoms with Gasteiger partial charge in [-0.2, -0.15) is 0 Å². The van der Waals surface area contributed by atoms with Crippen molar-refractivity contribution in [1.29, 1.82) is 0 Å². The Hall–Kier alpha value is -2.44. The Morgan fingerprint density at radius 3 is 2.48 bits per heavy atom. The van der Waals surface area contributed by atoms with Crippen LogP contribution in [0.25, 0.3) is 6.08 Å². The van der Waals surface area contributed by atoms with Crippen molar-refractivity contribution in [3.8, 4) is 11.5 Å². The number of amides is 1. The van der Waals surface area contributed by atoms with Crippen molar-refractivity contribution >= 4 is 46.2 Å². The SMILES string of the molecule is COc1cc(/C=C2\SC(=Nc3c(C)cccc3C)NC2=O)cc(Cl)c1OC. The van der Waals surface area contributed by atoms with Gasteiger partial charge in [0.2, 0.25) is 0 Å². The molecule has 0 bridgehead atoms. The van der Waals surface area contributed by atoms with E-state index in [-0.39, 0.29) is 5.91 Å². The first-order valence-corrected chi connectivity index (χ1v) is 9.39. The van der Waals surface area contributed by atoms with Gasteiger partial charge in [0, 0.05) is 0 Å². The average Bonchev–Trinajstić information content (AvgIpc) is 2.97. The van der Waals surface area contributed by atoms with Crippen LogP contribution in [0, 0.1) is 13.8 Å². The summed E-state index contributed by atoms with van der Waals surface area (Å²) in [4.78, 5) is 17.5. The molecule has 3 rings (SSSR count). The van der Waals surface area contributed by atoms with Crippen LogP contribution in [0.5, 0.6) is 11.5 Å². The van der Waals surface area contributed by atoms with E-state index in [9.17, 15) is 4.79 Å². The van der Waals surface area contributed by atoms with Gasteiger partial charge in [0.1, 0.15) is 0 Å². The normalized spacial score (nSPS) is 16.7. The largest absolute Gasteiger partial charge is 0.493 e. The van der Waals surface area contributed by atoms with E-state index in [1.165, 1.54) is 26.0 Å². The Kier molecular flexibility index (Phi) is 5.77. The molecule has 1 amide bonds. The van der Waals surface area contributed by atoms with E-state index in [1.54, 1.807) is 18.2 Å². The first-order valence-electron chi connectivity index (χ1n) is 8.20. The number of ether oxygens (including phenoxy) is 2. The molecule has 5 nitrogen and oxygen atoms in total. The quantitative estimate of drug-likeness (QED) is 0.741. The Morgan fingerprint density at radius 1 is 1.15 bits per heavy atom. The number of hydrogen-bond donors (Lipinski definition) is 1. The standard InChI is InChI=1S/C20H19ClN2O3S/c1-11-6-5-7-12(2)17(11)22-20-23-19(24)16(27-20)10-13-8-14(21)18(26-4)15(9-13)25-3/h5-10H,1-4H3,(H,22,23,24)/b16-10-. The Labute approximate surface area is 167 Å². The second-order valence-electron chi connectivity index (χ2n) is 5.96. The number of halogens is 1. The van der Waals surface area contributed by atoms with Gasteiger partial charge in [-0.25, -0.2) is 4.99 Å². The van der Waals surface area contributed by atoms with Crippen LogP contribution in [0.15, 0.2) is 40.2 Å². The minimum absolute atomic E-state index is 0.198. The van der Waals surface area contributed by atoms with Crippen LogP contribution in [-0.2, 0) is 4.79 Å². The van der Waals surface area contributed by atoms with Crippen LogP contribution < -0.4 is 14.8 Å². The summed E-state index contributed by atoms with van der Waals surface area (Å²) >= 11 is 7.53. The lowest BCUT2D eigenvalue weighted by Gasteiger charge is -2.10. The fourth-order valence-electron chi connectivity index (χ4n) is 2.74. The highest BCUT2D eigenvalue weighted by atomic mass is 35.5. The van der Waals surface area contributed by atoms with Gasteiger partial charge < -0.3 is 14.8 Å². The van der Waals surface area contributed by atoms with E-state index in [1.807, 2.05) is 32.0 Å². The molecule has 0 atom stereocenters. The van der Waals surface area contributed by atoms with Gasteiger partial charge in [0.25, 0.3) is 5.91 Å². The molecule has 2 aromatic rings. The van der Waals surface area contributed by atoms with Crippen molar-refractivity contribution in [3.05, 3.63) is 56.9 Å². The molecule has 27 heavy (non-hydrogen) atoms. The number of para-hydroxylation sites is 1. The number of carbonyl (C=O) groups excluding carboxylic acids is 1. The smallest absolute Gasteiger partial charge is 0.264 e. The molecule has 0 aromatic heterocycles. The maximum Gasteiger partial charge on any atom is 0.264 e. The highest BCUT2D eigenvalue weighted by molar-refractivity contribution is 8.18. The molecule has 0 saturated carbocycles. The molecular formula is C20H19ClN2O3S. The lowest BCUT2D eigenvalue weighted by Crippen LogP contribution is -2.19. The molecule has 1 aliphatic heterocycles. The molecule has 0 unspecified atom stereocenters. The zero-order valence-corrected chi connectivity index (χ0v) is 17.0. The molecule has 0 radical (unpaired) electrons. The lowest BCUT2D eigenvalue weighted by molar-refractivity contribution is -0.115. The molecule has 2 aromatic carbocycles. The minimum atomic E-state index is -0.198. The van der Waals surface area contributed by atoms with Crippen molar-refractivity contribution in [1.82, 2.24) is 5.32 Å². The molecule has 140 valence electrons. The van der Waals surface area contributed by atoms with Gasteiger partial charge in [0.15, 0.2) is 16.7 Å². The average molecular weight is 403 g/mol. The first kappa shape index (κ1) is 19.3. The van der Waals surface area contributed by atoms with Gasteiger partial charge in [0.05, 0.1) is 29.8 Å². The van der Waals surface area contributed by atoms with Crippen molar-refractivity contribution in [3.63, 3.8) is 0 Å². The number of hydrogen-bond acceptors (Lipinski definition) is 5. The van der Waals surface area contributed by atoms with Gasteiger partial charge in [-0.1, -0.05) is 29.8 Å². The highest BCUT2D eigenvalue weighted by Crippen LogP contribution is 2.38. The fraction of sp³-hybridized carbons (Fsp3) is 0.200. The van der Waals surface area contributed by atoms with Crippen molar-refractivity contribution in [2.24, 2.45) is 4.99 Å². The van der Waals surface area contributed by atoms with E-state index in [2.05, 4.69) is 10.3 Å². The molecule has 0 spiro atoms. The molecule has 1 saturated heterocycles. The van der Waals surface area contributed by atoms with Crippen LogP contribution in [-0.4, -0.2) is 25.3 Å². The predicted octanol–water partition coefficient (Wildman–Crippen LogP) is 4.87. The molecule has 1 heterocycles. The van der Waals surface area contributed by atoms with E-state index in [0.29, 0.717) is 26.6 Å². The molecular weight excluding hydrogens is 384 g/mol. The summed E-state index contributed by atoms with van der Waals surface area (Å²) < 4.78 is 10.5. The molecule has 7 heteroatoms.